The molecule has 1 N–H and O–H groups in total. The number of likely N-dealkylation sites (tertiary alicyclic amines) is 1. The van der Waals surface area contributed by atoms with Gasteiger partial charge in [-0.1, -0.05) is 12.1 Å². The molecule has 2 heterocycles. The molecule has 1 amide bonds. The second-order valence-corrected chi connectivity index (χ2v) is 8.51. The SMILES string of the molecule is O=C1N(Cc2ccc(F)cc2)CCC[C@]1(O)CN1CCN(CC2CC2)CC1. The van der Waals surface area contributed by atoms with Crippen LogP contribution in [0.15, 0.2) is 24.3 Å². The zero-order chi connectivity index (χ0) is 18.9. The number of β-amino-alcohol motifs (C(OH)–C–C–N with tert-alkyl or cyclic N) is 1. The first-order valence-electron chi connectivity index (χ1n) is 10.2. The monoisotopic (exact) mass is 375 g/mol. The Morgan fingerprint density at radius 2 is 1.70 bits per heavy atom. The van der Waals surface area contributed by atoms with Gasteiger partial charge in [0.1, 0.15) is 5.82 Å². The fourth-order valence-corrected chi connectivity index (χ4v) is 4.34. The van der Waals surface area contributed by atoms with Gasteiger partial charge in [0.15, 0.2) is 5.60 Å². The van der Waals surface area contributed by atoms with Gasteiger partial charge in [-0.05, 0) is 49.3 Å². The van der Waals surface area contributed by atoms with E-state index in [1.807, 2.05) is 0 Å². The first-order valence-corrected chi connectivity index (χ1v) is 10.2. The highest BCUT2D eigenvalue weighted by Crippen LogP contribution is 2.30. The second-order valence-electron chi connectivity index (χ2n) is 8.51. The van der Waals surface area contributed by atoms with E-state index in [4.69, 9.17) is 0 Å². The number of hydrogen-bond acceptors (Lipinski definition) is 4. The minimum absolute atomic E-state index is 0.182. The number of halogens is 1. The molecule has 0 radical (unpaired) electrons. The number of aliphatic hydroxyl groups is 1. The molecule has 4 rings (SSSR count). The molecule has 3 aliphatic rings. The molecule has 1 aliphatic carbocycles. The maximum absolute atomic E-state index is 13.1. The highest BCUT2D eigenvalue weighted by molar-refractivity contribution is 5.86. The molecule has 0 unspecified atom stereocenters. The molecule has 148 valence electrons. The van der Waals surface area contributed by atoms with Crippen molar-refractivity contribution in [2.75, 3.05) is 45.8 Å². The summed E-state index contributed by atoms with van der Waals surface area (Å²) in [7, 11) is 0. The number of carbonyl (C=O) groups is 1. The van der Waals surface area contributed by atoms with Crippen molar-refractivity contribution in [3.63, 3.8) is 0 Å². The number of amides is 1. The largest absolute Gasteiger partial charge is 0.379 e. The van der Waals surface area contributed by atoms with Crippen molar-refractivity contribution < 1.29 is 14.3 Å². The first kappa shape index (κ1) is 18.8. The van der Waals surface area contributed by atoms with Crippen molar-refractivity contribution in [3.8, 4) is 0 Å². The van der Waals surface area contributed by atoms with Gasteiger partial charge in [-0.15, -0.1) is 0 Å². The molecular weight excluding hydrogens is 345 g/mol. The van der Waals surface area contributed by atoms with Crippen molar-refractivity contribution in [2.45, 2.75) is 37.8 Å². The maximum atomic E-state index is 13.1. The van der Waals surface area contributed by atoms with Crippen LogP contribution < -0.4 is 0 Å². The van der Waals surface area contributed by atoms with Crippen LogP contribution in [0.5, 0.6) is 0 Å². The predicted molar refractivity (Wildman–Crippen MR) is 102 cm³/mol. The second kappa shape index (κ2) is 7.86. The molecule has 3 fully saturated rings. The third kappa shape index (κ3) is 4.68. The Morgan fingerprint density at radius 3 is 2.37 bits per heavy atom. The van der Waals surface area contributed by atoms with E-state index in [1.54, 1.807) is 17.0 Å². The molecule has 1 saturated carbocycles. The van der Waals surface area contributed by atoms with Gasteiger partial charge in [0.05, 0.1) is 0 Å². The fraction of sp³-hybridized carbons (Fsp3) is 0.667. The summed E-state index contributed by atoms with van der Waals surface area (Å²) in [6, 6.07) is 6.23. The van der Waals surface area contributed by atoms with Crippen LogP contribution in [0.1, 0.15) is 31.2 Å². The standard InChI is InChI=1S/C21H30FN3O2/c22-19-6-4-18(5-7-19)15-25-9-1-8-21(27,20(25)26)16-24-12-10-23(11-13-24)14-17-2-3-17/h4-7,17,27H,1-3,8-16H2/t21-/m0/s1. The van der Waals surface area contributed by atoms with Crippen LogP contribution in [0.3, 0.4) is 0 Å². The average molecular weight is 375 g/mol. The lowest BCUT2D eigenvalue weighted by Crippen LogP contribution is -2.60. The lowest BCUT2D eigenvalue weighted by Gasteiger charge is -2.43. The van der Waals surface area contributed by atoms with Gasteiger partial charge in [0.2, 0.25) is 0 Å². The van der Waals surface area contributed by atoms with E-state index in [0.717, 1.165) is 44.1 Å². The van der Waals surface area contributed by atoms with E-state index < -0.39 is 5.60 Å². The van der Waals surface area contributed by atoms with E-state index in [2.05, 4.69) is 9.80 Å². The molecule has 5 nitrogen and oxygen atoms in total. The normalized spacial score (nSPS) is 27.9. The Bertz CT molecular complexity index is 656. The smallest absolute Gasteiger partial charge is 0.256 e. The Balaban J connectivity index is 1.32. The number of piperazine rings is 1. The van der Waals surface area contributed by atoms with Crippen molar-refractivity contribution in [2.24, 2.45) is 5.92 Å². The van der Waals surface area contributed by atoms with E-state index >= 15 is 0 Å². The van der Waals surface area contributed by atoms with Crippen LogP contribution in [-0.4, -0.2) is 77.1 Å². The van der Waals surface area contributed by atoms with Crippen molar-refractivity contribution >= 4 is 5.91 Å². The van der Waals surface area contributed by atoms with Crippen molar-refractivity contribution in [1.29, 1.82) is 0 Å². The Labute approximate surface area is 160 Å². The third-order valence-electron chi connectivity index (χ3n) is 6.15. The van der Waals surface area contributed by atoms with Gasteiger partial charge in [-0.2, -0.15) is 0 Å². The molecule has 0 bridgehead atoms. The molecule has 1 aromatic rings. The highest BCUT2D eigenvalue weighted by atomic mass is 19.1. The molecule has 2 aliphatic heterocycles. The number of carbonyl (C=O) groups excluding carboxylic acids is 1. The maximum Gasteiger partial charge on any atom is 0.256 e. The summed E-state index contributed by atoms with van der Waals surface area (Å²) < 4.78 is 13.1. The number of nitrogens with zero attached hydrogens (tertiary/aromatic N) is 3. The van der Waals surface area contributed by atoms with Crippen LogP contribution >= 0.6 is 0 Å². The summed E-state index contributed by atoms with van der Waals surface area (Å²) in [5, 5.41) is 11.1. The number of benzene rings is 1. The van der Waals surface area contributed by atoms with Crippen LogP contribution in [0.25, 0.3) is 0 Å². The Morgan fingerprint density at radius 1 is 1.04 bits per heavy atom. The Hall–Kier alpha value is -1.50. The zero-order valence-electron chi connectivity index (χ0n) is 15.9. The van der Waals surface area contributed by atoms with Gasteiger partial charge >= 0.3 is 0 Å². The molecular formula is C21H30FN3O2. The topological polar surface area (TPSA) is 47.0 Å². The van der Waals surface area contributed by atoms with Gasteiger partial charge < -0.3 is 14.9 Å². The summed E-state index contributed by atoms with van der Waals surface area (Å²) in [4.78, 5) is 19.5. The van der Waals surface area contributed by atoms with Crippen LogP contribution in [-0.2, 0) is 11.3 Å². The van der Waals surface area contributed by atoms with E-state index in [1.165, 1.54) is 31.5 Å². The molecule has 0 aromatic heterocycles. The zero-order valence-corrected chi connectivity index (χ0v) is 15.9. The van der Waals surface area contributed by atoms with Crippen LogP contribution in [0.2, 0.25) is 0 Å². The predicted octanol–water partition coefficient (Wildman–Crippen LogP) is 1.71. The quantitative estimate of drug-likeness (QED) is 0.822. The van der Waals surface area contributed by atoms with Crippen molar-refractivity contribution in [3.05, 3.63) is 35.6 Å². The molecule has 6 heteroatoms. The Kier molecular flexibility index (Phi) is 5.48. The fourth-order valence-electron chi connectivity index (χ4n) is 4.34. The van der Waals surface area contributed by atoms with Gasteiger partial charge in [0.25, 0.3) is 5.91 Å². The van der Waals surface area contributed by atoms with E-state index in [0.29, 0.717) is 26.1 Å². The van der Waals surface area contributed by atoms with Gasteiger partial charge in [-0.3, -0.25) is 9.69 Å². The summed E-state index contributed by atoms with van der Waals surface area (Å²) >= 11 is 0. The number of hydrogen-bond donors (Lipinski definition) is 1. The lowest BCUT2D eigenvalue weighted by molar-refractivity contribution is -0.160. The molecule has 27 heavy (non-hydrogen) atoms. The van der Waals surface area contributed by atoms with Gasteiger partial charge in [0, 0.05) is 52.4 Å². The van der Waals surface area contributed by atoms with Crippen LogP contribution in [0.4, 0.5) is 4.39 Å². The number of rotatable bonds is 6. The third-order valence-corrected chi connectivity index (χ3v) is 6.15. The molecule has 0 spiro atoms. The first-order chi connectivity index (χ1) is 13.0. The van der Waals surface area contributed by atoms with Gasteiger partial charge in [-0.25, -0.2) is 4.39 Å². The summed E-state index contributed by atoms with van der Waals surface area (Å²) in [5.74, 6) is 0.445. The summed E-state index contributed by atoms with van der Waals surface area (Å²) in [5.41, 5.74) is -0.403. The summed E-state index contributed by atoms with van der Waals surface area (Å²) in [6.07, 6.45) is 4.07. The van der Waals surface area contributed by atoms with Crippen LogP contribution in [0, 0.1) is 11.7 Å². The molecule has 2 saturated heterocycles. The van der Waals surface area contributed by atoms with E-state index in [-0.39, 0.29) is 11.7 Å². The number of piperidine rings is 1. The highest BCUT2D eigenvalue weighted by Gasteiger charge is 2.43. The minimum Gasteiger partial charge on any atom is -0.379 e. The average Bonchev–Trinajstić information content (AvgIpc) is 3.47. The minimum atomic E-state index is -1.29. The summed E-state index contributed by atoms with van der Waals surface area (Å²) in [6.45, 7) is 6.59. The molecule has 1 atom stereocenters. The van der Waals surface area contributed by atoms with Crippen molar-refractivity contribution in [1.82, 2.24) is 14.7 Å². The molecule has 1 aromatic carbocycles. The lowest BCUT2D eigenvalue weighted by atomic mass is 9.90. The van der Waals surface area contributed by atoms with E-state index in [9.17, 15) is 14.3 Å².